The van der Waals surface area contributed by atoms with Crippen LogP contribution in [0.25, 0.3) is 11.2 Å². The first-order valence-corrected chi connectivity index (χ1v) is 12.4. The maximum Gasteiger partial charge on any atom is 0.407 e. The number of aromatic nitrogens is 4. The standard InChI is InChI=1S/C26H30N6O6/c1-3-5-12-30-21-22(27-24(30)28-14-16-29(17-15-28)26(36)37)32(18-20(33)38-4-2)25(35)31(23(21)34)13-11-19-9-7-6-8-10-19/h6-10H,4,11-18H2,1-2H3,(H,36,37). The number of aryl methyl sites for hydroxylation is 1. The van der Waals surface area contributed by atoms with Gasteiger partial charge in [-0.3, -0.25) is 23.3 Å². The number of hydrogen-bond donors (Lipinski definition) is 1. The molecule has 38 heavy (non-hydrogen) atoms. The van der Waals surface area contributed by atoms with Gasteiger partial charge in [-0.1, -0.05) is 36.3 Å². The van der Waals surface area contributed by atoms with E-state index in [9.17, 15) is 24.3 Å². The molecule has 200 valence electrons. The first-order valence-electron chi connectivity index (χ1n) is 12.4. The Morgan fingerprint density at radius 2 is 1.76 bits per heavy atom. The molecule has 3 aromatic rings. The van der Waals surface area contributed by atoms with Crippen molar-refractivity contribution in [2.24, 2.45) is 0 Å². The van der Waals surface area contributed by atoms with Crippen LogP contribution in [0.15, 0.2) is 39.9 Å². The highest BCUT2D eigenvalue weighted by atomic mass is 16.5. The van der Waals surface area contributed by atoms with Gasteiger partial charge < -0.3 is 19.6 Å². The highest BCUT2D eigenvalue weighted by Gasteiger charge is 2.28. The van der Waals surface area contributed by atoms with E-state index in [0.717, 1.165) is 10.1 Å². The van der Waals surface area contributed by atoms with E-state index < -0.39 is 29.9 Å². The summed E-state index contributed by atoms with van der Waals surface area (Å²) in [7, 11) is 0. The van der Waals surface area contributed by atoms with Gasteiger partial charge in [-0.15, -0.1) is 5.92 Å². The van der Waals surface area contributed by atoms with E-state index in [1.54, 1.807) is 18.4 Å². The van der Waals surface area contributed by atoms with Gasteiger partial charge in [-0.05, 0) is 25.8 Å². The number of benzene rings is 1. The highest BCUT2D eigenvalue weighted by molar-refractivity contribution is 5.77. The second-order valence-corrected chi connectivity index (χ2v) is 8.72. The fourth-order valence-corrected chi connectivity index (χ4v) is 4.49. The van der Waals surface area contributed by atoms with Crippen LogP contribution in [-0.4, -0.2) is 73.5 Å². The van der Waals surface area contributed by atoms with E-state index in [2.05, 4.69) is 16.8 Å². The van der Waals surface area contributed by atoms with Gasteiger partial charge in [-0.25, -0.2) is 9.59 Å². The number of fused-ring (bicyclic) bond motifs is 1. The van der Waals surface area contributed by atoms with Crippen molar-refractivity contribution in [3.05, 3.63) is 56.7 Å². The molecule has 1 N–H and O–H groups in total. The van der Waals surface area contributed by atoms with E-state index in [0.29, 0.717) is 25.5 Å². The Kier molecular flexibility index (Phi) is 8.15. The van der Waals surface area contributed by atoms with Crippen LogP contribution in [0.3, 0.4) is 0 Å². The Labute approximate surface area is 218 Å². The lowest BCUT2D eigenvalue weighted by Crippen LogP contribution is -2.49. The van der Waals surface area contributed by atoms with Gasteiger partial charge in [-0.2, -0.15) is 4.98 Å². The van der Waals surface area contributed by atoms with Gasteiger partial charge in [0.15, 0.2) is 11.2 Å². The number of hydrogen-bond acceptors (Lipinski definition) is 7. The van der Waals surface area contributed by atoms with Crippen LogP contribution in [0.5, 0.6) is 0 Å². The Morgan fingerprint density at radius 3 is 2.39 bits per heavy atom. The molecule has 0 radical (unpaired) electrons. The van der Waals surface area contributed by atoms with Crippen molar-refractivity contribution in [3.8, 4) is 11.8 Å². The van der Waals surface area contributed by atoms with Gasteiger partial charge >= 0.3 is 17.8 Å². The molecule has 0 unspecified atom stereocenters. The van der Waals surface area contributed by atoms with E-state index >= 15 is 0 Å². The molecular formula is C26H30N6O6. The van der Waals surface area contributed by atoms with Crippen LogP contribution in [0.1, 0.15) is 19.4 Å². The quantitative estimate of drug-likeness (QED) is 0.342. The Morgan fingerprint density at radius 1 is 1.05 bits per heavy atom. The summed E-state index contributed by atoms with van der Waals surface area (Å²) in [4.78, 5) is 59.0. The third-order valence-electron chi connectivity index (χ3n) is 6.40. The van der Waals surface area contributed by atoms with Crippen LogP contribution in [-0.2, 0) is 35.6 Å². The Bertz CT molecular complexity index is 1500. The Hall–Kier alpha value is -4.53. The van der Waals surface area contributed by atoms with Crippen molar-refractivity contribution in [2.45, 2.75) is 39.9 Å². The number of anilines is 1. The number of carboxylic acid groups (broad SMARTS) is 1. The molecule has 4 rings (SSSR count). The largest absolute Gasteiger partial charge is 0.465 e. The average Bonchev–Trinajstić information content (AvgIpc) is 3.30. The first-order chi connectivity index (χ1) is 18.3. The fraction of sp³-hybridized carbons (Fsp3) is 0.423. The van der Waals surface area contributed by atoms with E-state index in [-0.39, 0.29) is 43.9 Å². The number of piperazine rings is 1. The van der Waals surface area contributed by atoms with Crippen molar-refractivity contribution in [2.75, 3.05) is 37.7 Å². The third-order valence-corrected chi connectivity index (χ3v) is 6.40. The predicted octanol–water partition coefficient (Wildman–Crippen LogP) is 0.989. The van der Waals surface area contributed by atoms with Crippen LogP contribution in [0.2, 0.25) is 0 Å². The summed E-state index contributed by atoms with van der Waals surface area (Å²) in [5, 5.41) is 9.32. The van der Waals surface area contributed by atoms with Gasteiger partial charge in [0.05, 0.1) is 13.2 Å². The molecule has 0 atom stereocenters. The SMILES string of the molecule is CC#CCn1c(N2CCN(C(=O)O)CC2)nc2c1c(=O)n(CCc1ccccc1)c(=O)n2CC(=O)OCC. The lowest BCUT2D eigenvalue weighted by atomic mass is 10.1. The molecule has 0 saturated carbocycles. The number of ether oxygens (including phenoxy) is 1. The summed E-state index contributed by atoms with van der Waals surface area (Å²) in [6.07, 6.45) is -0.562. The van der Waals surface area contributed by atoms with Gasteiger partial charge in [0.25, 0.3) is 5.56 Å². The van der Waals surface area contributed by atoms with Crippen LogP contribution in [0.4, 0.5) is 10.7 Å². The van der Waals surface area contributed by atoms with Crippen molar-refractivity contribution in [3.63, 3.8) is 0 Å². The predicted molar refractivity (Wildman–Crippen MR) is 140 cm³/mol. The first kappa shape index (κ1) is 26.5. The number of carbonyl (C=O) groups excluding carboxylic acids is 1. The molecule has 1 aliphatic heterocycles. The maximum atomic E-state index is 13.8. The summed E-state index contributed by atoms with van der Waals surface area (Å²) < 4.78 is 9.03. The molecule has 1 aliphatic rings. The molecule has 3 heterocycles. The molecular weight excluding hydrogens is 492 g/mol. The zero-order chi connectivity index (χ0) is 27.2. The molecule has 0 bridgehead atoms. The summed E-state index contributed by atoms with van der Waals surface area (Å²) in [6.45, 7) is 4.54. The van der Waals surface area contributed by atoms with E-state index in [1.807, 2.05) is 35.2 Å². The number of amides is 1. The van der Waals surface area contributed by atoms with Crippen molar-refractivity contribution >= 4 is 29.2 Å². The van der Waals surface area contributed by atoms with E-state index in [4.69, 9.17) is 4.74 Å². The summed E-state index contributed by atoms with van der Waals surface area (Å²) in [5.74, 6) is 5.56. The molecule has 1 fully saturated rings. The van der Waals surface area contributed by atoms with Crippen LogP contribution in [0, 0.1) is 11.8 Å². The van der Waals surface area contributed by atoms with Crippen LogP contribution < -0.4 is 16.1 Å². The molecule has 1 aromatic carbocycles. The Balaban J connectivity index is 1.87. The molecule has 12 heteroatoms. The lowest BCUT2D eigenvalue weighted by molar-refractivity contribution is -0.143. The second-order valence-electron chi connectivity index (χ2n) is 8.72. The monoisotopic (exact) mass is 522 g/mol. The minimum absolute atomic E-state index is 0.0672. The fourth-order valence-electron chi connectivity index (χ4n) is 4.49. The van der Waals surface area contributed by atoms with Gasteiger partial charge in [0.1, 0.15) is 6.54 Å². The lowest BCUT2D eigenvalue weighted by Gasteiger charge is -2.33. The minimum Gasteiger partial charge on any atom is -0.465 e. The topological polar surface area (TPSA) is 132 Å². The number of nitrogens with zero attached hydrogens (tertiary/aromatic N) is 6. The van der Waals surface area contributed by atoms with Crippen molar-refractivity contribution in [1.29, 1.82) is 0 Å². The average molecular weight is 523 g/mol. The number of rotatable bonds is 8. The van der Waals surface area contributed by atoms with Crippen LogP contribution >= 0.6 is 0 Å². The zero-order valence-corrected chi connectivity index (χ0v) is 21.4. The highest BCUT2D eigenvalue weighted by Crippen LogP contribution is 2.21. The minimum atomic E-state index is -1.00. The molecule has 1 amide bonds. The maximum absolute atomic E-state index is 13.8. The number of carbonyl (C=O) groups is 2. The van der Waals surface area contributed by atoms with Crippen molar-refractivity contribution in [1.82, 2.24) is 23.6 Å². The molecule has 0 spiro atoms. The van der Waals surface area contributed by atoms with E-state index in [1.165, 1.54) is 9.47 Å². The summed E-state index contributed by atoms with van der Waals surface area (Å²) in [5.41, 5.74) is -0.00188. The summed E-state index contributed by atoms with van der Waals surface area (Å²) >= 11 is 0. The molecule has 12 nitrogen and oxygen atoms in total. The third kappa shape index (κ3) is 5.41. The molecule has 0 aliphatic carbocycles. The van der Waals surface area contributed by atoms with Gasteiger partial charge in [0, 0.05) is 32.7 Å². The van der Waals surface area contributed by atoms with Crippen molar-refractivity contribution < 1.29 is 19.4 Å². The normalized spacial score (nSPS) is 13.3. The number of esters is 1. The number of imidazole rings is 1. The molecule has 2 aromatic heterocycles. The molecule has 1 saturated heterocycles. The van der Waals surface area contributed by atoms with Gasteiger partial charge in [0.2, 0.25) is 5.95 Å². The smallest absolute Gasteiger partial charge is 0.407 e. The zero-order valence-electron chi connectivity index (χ0n) is 21.4. The second kappa shape index (κ2) is 11.7. The summed E-state index contributed by atoms with van der Waals surface area (Å²) in [6, 6.07) is 9.48.